The van der Waals surface area contributed by atoms with E-state index in [0.717, 1.165) is 12.1 Å². The summed E-state index contributed by atoms with van der Waals surface area (Å²) < 4.78 is 0. The third-order valence-electron chi connectivity index (χ3n) is 1.82. The van der Waals surface area contributed by atoms with Gasteiger partial charge in [-0.1, -0.05) is 13.8 Å². The van der Waals surface area contributed by atoms with E-state index in [1.165, 1.54) is 6.33 Å². The molecule has 1 aromatic heterocycles. The first kappa shape index (κ1) is 7.98. The predicted molar refractivity (Wildman–Crippen MR) is 43.6 cm³/mol. The van der Waals surface area contributed by atoms with Crippen LogP contribution >= 0.6 is 0 Å². The number of nitrogens with one attached hydrogen (secondary N) is 1. The van der Waals surface area contributed by atoms with E-state index in [-0.39, 0.29) is 5.56 Å². The van der Waals surface area contributed by atoms with Gasteiger partial charge in [0, 0.05) is 6.07 Å². The number of nitrogens with zero attached hydrogens (tertiary/aromatic N) is 1. The van der Waals surface area contributed by atoms with Crippen molar-refractivity contribution in [1.29, 1.82) is 0 Å². The molecule has 1 atom stereocenters. The van der Waals surface area contributed by atoms with Gasteiger partial charge in [-0.25, -0.2) is 4.98 Å². The van der Waals surface area contributed by atoms with Crippen molar-refractivity contribution in [1.82, 2.24) is 9.97 Å². The van der Waals surface area contributed by atoms with Crippen molar-refractivity contribution in [3.63, 3.8) is 0 Å². The standard InChI is InChI=1S/C8H12N2O/c1-3-6(2)7-4-8(11)10-5-9-7/h4-6H,3H2,1-2H3,(H,9,10,11)/t6-/m0/s1. The predicted octanol–water partition coefficient (Wildman–Crippen LogP) is 1.28. The second-order valence-corrected chi connectivity index (χ2v) is 2.65. The van der Waals surface area contributed by atoms with Crippen LogP contribution in [-0.4, -0.2) is 9.97 Å². The molecule has 0 saturated carbocycles. The molecular weight excluding hydrogens is 140 g/mol. The van der Waals surface area contributed by atoms with Gasteiger partial charge < -0.3 is 4.98 Å². The molecule has 11 heavy (non-hydrogen) atoms. The molecule has 1 N–H and O–H groups in total. The Morgan fingerprint density at radius 1 is 1.73 bits per heavy atom. The number of H-pyrrole nitrogens is 1. The minimum Gasteiger partial charge on any atom is -0.313 e. The zero-order valence-corrected chi connectivity index (χ0v) is 6.79. The van der Waals surface area contributed by atoms with Gasteiger partial charge >= 0.3 is 0 Å². The second kappa shape index (κ2) is 3.32. The molecule has 0 aliphatic rings. The average Bonchev–Trinajstić information content (AvgIpc) is 2.03. The van der Waals surface area contributed by atoms with Gasteiger partial charge in [0.1, 0.15) is 0 Å². The maximum Gasteiger partial charge on any atom is 0.250 e. The van der Waals surface area contributed by atoms with Crippen LogP contribution in [-0.2, 0) is 0 Å². The highest BCUT2D eigenvalue weighted by Gasteiger charge is 2.03. The van der Waals surface area contributed by atoms with Crippen molar-refractivity contribution in [2.75, 3.05) is 0 Å². The summed E-state index contributed by atoms with van der Waals surface area (Å²) in [7, 11) is 0. The van der Waals surface area contributed by atoms with E-state index < -0.39 is 0 Å². The van der Waals surface area contributed by atoms with Crippen LogP contribution in [0.2, 0.25) is 0 Å². The number of hydrogen-bond donors (Lipinski definition) is 1. The van der Waals surface area contributed by atoms with Crippen LogP contribution in [0.4, 0.5) is 0 Å². The first-order valence-electron chi connectivity index (χ1n) is 3.78. The normalized spacial score (nSPS) is 12.9. The molecule has 0 amide bonds. The van der Waals surface area contributed by atoms with E-state index in [1.54, 1.807) is 6.07 Å². The van der Waals surface area contributed by atoms with Crippen molar-refractivity contribution in [3.05, 3.63) is 28.4 Å². The Kier molecular flexibility index (Phi) is 2.41. The van der Waals surface area contributed by atoms with E-state index in [4.69, 9.17) is 0 Å². The monoisotopic (exact) mass is 152 g/mol. The number of rotatable bonds is 2. The van der Waals surface area contributed by atoms with Crippen molar-refractivity contribution in [2.45, 2.75) is 26.2 Å². The first-order valence-corrected chi connectivity index (χ1v) is 3.78. The SMILES string of the molecule is CC[C@H](C)c1cc(=O)[nH]cn1. The summed E-state index contributed by atoms with van der Waals surface area (Å²) in [6.07, 6.45) is 2.46. The molecule has 0 unspecified atom stereocenters. The lowest BCUT2D eigenvalue weighted by Gasteiger charge is -2.04. The van der Waals surface area contributed by atoms with Crippen LogP contribution in [0.25, 0.3) is 0 Å². The van der Waals surface area contributed by atoms with Crippen molar-refractivity contribution in [2.24, 2.45) is 0 Å². The van der Waals surface area contributed by atoms with Gasteiger partial charge in [-0.15, -0.1) is 0 Å². The molecule has 3 heteroatoms. The molecule has 60 valence electrons. The number of aromatic amines is 1. The lowest BCUT2D eigenvalue weighted by molar-refractivity contribution is 0.702. The number of hydrogen-bond acceptors (Lipinski definition) is 2. The molecular formula is C8H12N2O. The summed E-state index contributed by atoms with van der Waals surface area (Å²) >= 11 is 0. The van der Waals surface area contributed by atoms with Crippen LogP contribution in [0.1, 0.15) is 31.9 Å². The van der Waals surface area contributed by atoms with E-state index in [9.17, 15) is 4.79 Å². The van der Waals surface area contributed by atoms with Crippen LogP contribution in [0.15, 0.2) is 17.2 Å². The third kappa shape index (κ3) is 1.90. The van der Waals surface area contributed by atoms with Crippen LogP contribution < -0.4 is 5.56 Å². The molecule has 1 heterocycles. The fraction of sp³-hybridized carbons (Fsp3) is 0.500. The topological polar surface area (TPSA) is 45.8 Å². The molecule has 0 spiro atoms. The summed E-state index contributed by atoms with van der Waals surface area (Å²) in [6.45, 7) is 4.13. The van der Waals surface area contributed by atoms with Gasteiger partial charge in [0.25, 0.3) is 5.56 Å². The highest BCUT2D eigenvalue weighted by atomic mass is 16.1. The molecule has 0 radical (unpaired) electrons. The summed E-state index contributed by atoms with van der Waals surface area (Å²) in [5, 5.41) is 0. The Balaban J connectivity index is 2.96. The quantitative estimate of drug-likeness (QED) is 0.693. The van der Waals surface area contributed by atoms with Crippen molar-refractivity contribution < 1.29 is 0 Å². The van der Waals surface area contributed by atoms with Gasteiger partial charge in [0.05, 0.1) is 12.0 Å². The fourth-order valence-electron chi connectivity index (χ4n) is 0.862. The second-order valence-electron chi connectivity index (χ2n) is 2.65. The molecule has 0 aliphatic carbocycles. The zero-order valence-electron chi connectivity index (χ0n) is 6.79. The van der Waals surface area contributed by atoms with Gasteiger partial charge in [-0.3, -0.25) is 4.79 Å². The molecule has 3 nitrogen and oxygen atoms in total. The summed E-state index contributed by atoms with van der Waals surface area (Å²) in [5.41, 5.74) is 0.798. The Bertz CT molecular complexity index is 279. The maximum atomic E-state index is 10.8. The lowest BCUT2D eigenvalue weighted by Crippen LogP contribution is -2.08. The van der Waals surface area contributed by atoms with Gasteiger partial charge in [-0.2, -0.15) is 0 Å². The number of aromatic nitrogens is 2. The largest absolute Gasteiger partial charge is 0.313 e. The summed E-state index contributed by atoms with van der Waals surface area (Å²) in [6, 6.07) is 1.55. The van der Waals surface area contributed by atoms with Gasteiger partial charge in [0.2, 0.25) is 0 Å². The Morgan fingerprint density at radius 2 is 2.45 bits per heavy atom. The molecule has 0 saturated heterocycles. The minimum atomic E-state index is -0.0738. The van der Waals surface area contributed by atoms with Crippen molar-refractivity contribution >= 4 is 0 Å². The van der Waals surface area contributed by atoms with Crippen molar-refractivity contribution in [3.8, 4) is 0 Å². The first-order chi connectivity index (χ1) is 5.24. The van der Waals surface area contributed by atoms with E-state index in [2.05, 4.69) is 23.8 Å². The molecule has 1 aromatic rings. The Morgan fingerprint density at radius 3 is 3.00 bits per heavy atom. The lowest BCUT2D eigenvalue weighted by atomic mass is 10.1. The highest BCUT2D eigenvalue weighted by Crippen LogP contribution is 2.12. The van der Waals surface area contributed by atoms with Crippen LogP contribution in [0.3, 0.4) is 0 Å². The summed E-state index contributed by atoms with van der Waals surface area (Å²) in [5.74, 6) is 0.372. The third-order valence-corrected chi connectivity index (χ3v) is 1.82. The maximum absolute atomic E-state index is 10.8. The summed E-state index contributed by atoms with van der Waals surface area (Å²) in [4.78, 5) is 17.4. The highest BCUT2D eigenvalue weighted by molar-refractivity contribution is 5.03. The van der Waals surface area contributed by atoms with E-state index >= 15 is 0 Å². The van der Waals surface area contributed by atoms with Crippen LogP contribution in [0.5, 0.6) is 0 Å². The smallest absolute Gasteiger partial charge is 0.250 e. The van der Waals surface area contributed by atoms with E-state index in [0.29, 0.717) is 5.92 Å². The molecule has 0 fully saturated rings. The van der Waals surface area contributed by atoms with E-state index in [1.807, 2.05) is 0 Å². The Labute approximate surface area is 65.5 Å². The zero-order chi connectivity index (χ0) is 8.27. The molecule has 0 bridgehead atoms. The molecule has 0 aliphatic heterocycles. The Hall–Kier alpha value is -1.12. The van der Waals surface area contributed by atoms with Crippen LogP contribution in [0, 0.1) is 0 Å². The fourth-order valence-corrected chi connectivity index (χ4v) is 0.862. The van der Waals surface area contributed by atoms with Gasteiger partial charge in [-0.05, 0) is 12.3 Å². The molecule has 1 rings (SSSR count). The molecule has 0 aromatic carbocycles. The van der Waals surface area contributed by atoms with Gasteiger partial charge in [0.15, 0.2) is 0 Å². The average molecular weight is 152 g/mol. The minimum absolute atomic E-state index is 0.0738.